The van der Waals surface area contributed by atoms with Crippen molar-refractivity contribution in [1.82, 2.24) is 14.8 Å². The molecule has 0 bridgehead atoms. The molecular weight excluding hydrogens is 470 g/mol. The molecule has 34 heavy (non-hydrogen) atoms. The van der Waals surface area contributed by atoms with Crippen LogP contribution in [0.3, 0.4) is 0 Å². The van der Waals surface area contributed by atoms with Gasteiger partial charge in [0, 0.05) is 5.39 Å². The molecule has 3 N–H and O–H groups in total. The van der Waals surface area contributed by atoms with Crippen LogP contribution in [0.15, 0.2) is 42.5 Å². The number of anilines is 1. The molecule has 0 radical (unpaired) electrons. The predicted octanol–water partition coefficient (Wildman–Crippen LogP) is 4.05. The van der Waals surface area contributed by atoms with E-state index in [9.17, 15) is 28.5 Å². The molecule has 0 atom stereocenters. The van der Waals surface area contributed by atoms with E-state index in [1.54, 1.807) is 37.3 Å². The van der Waals surface area contributed by atoms with Crippen LogP contribution in [0.2, 0.25) is 0 Å². The highest BCUT2D eigenvalue weighted by Crippen LogP contribution is 2.42. The second-order valence-electron chi connectivity index (χ2n) is 7.22. The molecule has 0 spiro atoms. The predicted molar refractivity (Wildman–Crippen MR) is 121 cm³/mol. The summed E-state index contributed by atoms with van der Waals surface area (Å²) in [6, 6.07) is 11.0. The van der Waals surface area contributed by atoms with E-state index in [0.717, 1.165) is 16.0 Å². The zero-order valence-electron chi connectivity index (χ0n) is 17.5. The lowest BCUT2D eigenvalue weighted by molar-refractivity contribution is -0.389. The lowest BCUT2D eigenvalue weighted by Crippen LogP contribution is -2.22. The average Bonchev–Trinajstić information content (AvgIpc) is 3.34. The molecular formula is C21H16F2N6O4S. The minimum atomic E-state index is -2.86. The summed E-state index contributed by atoms with van der Waals surface area (Å²) in [5, 5.41) is 17.6. The van der Waals surface area contributed by atoms with Gasteiger partial charge in [-0.25, -0.2) is 13.8 Å². The number of aryl methyl sites for hydroxylation is 1. The third-order valence-electron chi connectivity index (χ3n) is 4.93. The maximum absolute atomic E-state index is 13.5. The van der Waals surface area contributed by atoms with E-state index >= 15 is 0 Å². The molecule has 1 aromatic carbocycles. The molecule has 0 saturated heterocycles. The van der Waals surface area contributed by atoms with Gasteiger partial charge in [-0.15, -0.1) is 11.3 Å². The number of primary amides is 1. The van der Waals surface area contributed by atoms with Crippen molar-refractivity contribution in [2.45, 2.75) is 19.9 Å². The van der Waals surface area contributed by atoms with Crippen molar-refractivity contribution < 1.29 is 23.3 Å². The second-order valence-corrected chi connectivity index (χ2v) is 8.22. The number of halogens is 2. The van der Waals surface area contributed by atoms with Crippen molar-refractivity contribution >= 4 is 44.9 Å². The number of carbonyl (C=O) groups excluding carboxylic acids is 2. The van der Waals surface area contributed by atoms with Crippen LogP contribution in [0.1, 0.15) is 27.5 Å². The molecule has 0 aliphatic carbocycles. The van der Waals surface area contributed by atoms with Crippen LogP contribution in [0.25, 0.3) is 21.3 Å². The van der Waals surface area contributed by atoms with E-state index in [-0.39, 0.29) is 20.8 Å². The number of nitro groups is 1. The van der Waals surface area contributed by atoms with Crippen molar-refractivity contribution in [3.05, 3.63) is 68.8 Å². The highest BCUT2D eigenvalue weighted by Gasteiger charge is 2.26. The van der Waals surface area contributed by atoms with Gasteiger partial charge in [-0.1, -0.05) is 30.3 Å². The van der Waals surface area contributed by atoms with Gasteiger partial charge in [0.2, 0.25) is 5.91 Å². The van der Waals surface area contributed by atoms with Gasteiger partial charge in [-0.2, -0.15) is 4.68 Å². The number of hydrogen-bond acceptors (Lipinski definition) is 7. The first-order chi connectivity index (χ1) is 16.2. The number of amides is 2. The SMILES string of the molecule is Cc1cc([N+](=O)[O-])nn1CC(=O)Nc1c(C(N)=O)sc2nc(C(F)F)cc(-c3ccccc3)c12. The number of benzene rings is 1. The van der Waals surface area contributed by atoms with E-state index in [4.69, 9.17) is 5.73 Å². The van der Waals surface area contributed by atoms with Crippen LogP contribution < -0.4 is 11.1 Å². The molecule has 0 fully saturated rings. The van der Waals surface area contributed by atoms with E-state index in [1.165, 1.54) is 12.1 Å². The van der Waals surface area contributed by atoms with Crippen LogP contribution in [-0.4, -0.2) is 31.5 Å². The van der Waals surface area contributed by atoms with Crippen molar-refractivity contribution in [3.63, 3.8) is 0 Å². The van der Waals surface area contributed by atoms with E-state index < -0.39 is 41.2 Å². The third-order valence-corrected chi connectivity index (χ3v) is 6.03. The highest BCUT2D eigenvalue weighted by atomic mass is 32.1. The monoisotopic (exact) mass is 486 g/mol. The molecule has 174 valence electrons. The van der Waals surface area contributed by atoms with Crippen LogP contribution in [0.4, 0.5) is 20.3 Å². The number of nitrogens with two attached hydrogens (primary N) is 1. The van der Waals surface area contributed by atoms with Gasteiger partial charge in [0.25, 0.3) is 12.3 Å². The Balaban J connectivity index is 1.83. The molecule has 4 rings (SSSR count). The molecule has 13 heteroatoms. The Morgan fingerprint density at radius 3 is 2.56 bits per heavy atom. The quantitative estimate of drug-likeness (QED) is 0.298. The van der Waals surface area contributed by atoms with Crippen LogP contribution in [-0.2, 0) is 11.3 Å². The maximum Gasteiger partial charge on any atom is 0.390 e. The summed E-state index contributed by atoms with van der Waals surface area (Å²) in [6.45, 7) is 1.16. The number of thiophene rings is 1. The number of hydrogen-bond donors (Lipinski definition) is 2. The largest absolute Gasteiger partial charge is 0.390 e. The lowest BCUT2D eigenvalue weighted by Gasteiger charge is -2.11. The van der Waals surface area contributed by atoms with Crippen LogP contribution >= 0.6 is 11.3 Å². The Morgan fingerprint density at radius 1 is 1.26 bits per heavy atom. The van der Waals surface area contributed by atoms with Crippen LogP contribution in [0.5, 0.6) is 0 Å². The highest BCUT2D eigenvalue weighted by molar-refractivity contribution is 7.21. The summed E-state index contributed by atoms with van der Waals surface area (Å²) in [7, 11) is 0. The van der Waals surface area contributed by atoms with Gasteiger partial charge in [0.1, 0.15) is 21.9 Å². The number of nitrogens with zero attached hydrogens (tertiary/aromatic N) is 4. The standard InChI is InChI=1S/C21H16F2N6O4S/c1-10-7-14(29(32)33)27-28(10)9-15(30)26-17-16-12(11-5-3-2-4-6-11)8-13(19(22)23)25-21(16)34-18(17)20(24)31/h2-8,19H,9H2,1H3,(H2,24,31)(H,26,30). The number of pyridine rings is 1. The summed E-state index contributed by atoms with van der Waals surface area (Å²) in [5.74, 6) is -1.94. The number of carbonyl (C=O) groups is 2. The minimum absolute atomic E-state index is 0.0315. The molecule has 2 amide bonds. The van der Waals surface area contributed by atoms with Crippen molar-refractivity contribution in [1.29, 1.82) is 0 Å². The maximum atomic E-state index is 13.5. The first-order valence-electron chi connectivity index (χ1n) is 9.75. The Kier molecular flexibility index (Phi) is 6.03. The Labute approximate surface area is 194 Å². The number of rotatable bonds is 7. The molecule has 0 aliphatic heterocycles. The Bertz CT molecular complexity index is 1430. The van der Waals surface area contributed by atoms with Crippen molar-refractivity contribution in [2.24, 2.45) is 5.73 Å². The van der Waals surface area contributed by atoms with Crippen molar-refractivity contribution in [2.75, 3.05) is 5.32 Å². The zero-order chi connectivity index (χ0) is 24.6. The Morgan fingerprint density at radius 2 is 1.97 bits per heavy atom. The fourth-order valence-electron chi connectivity index (χ4n) is 3.42. The van der Waals surface area contributed by atoms with Crippen LogP contribution in [0, 0.1) is 17.0 Å². The average molecular weight is 486 g/mol. The molecule has 3 heterocycles. The molecule has 0 aliphatic rings. The lowest BCUT2D eigenvalue weighted by atomic mass is 10.0. The molecule has 4 aromatic rings. The summed E-state index contributed by atoms with van der Waals surface area (Å²) >= 11 is 0.786. The number of fused-ring (bicyclic) bond motifs is 1. The zero-order valence-corrected chi connectivity index (χ0v) is 18.3. The van der Waals surface area contributed by atoms with E-state index in [1.807, 2.05) is 0 Å². The summed E-state index contributed by atoms with van der Waals surface area (Å²) in [6.07, 6.45) is -2.86. The number of alkyl halides is 2. The van der Waals surface area contributed by atoms with Gasteiger partial charge in [0.15, 0.2) is 0 Å². The van der Waals surface area contributed by atoms with Crippen molar-refractivity contribution in [3.8, 4) is 11.1 Å². The van der Waals surface area contributed by atoms with Gasteiger partial charge in [0.05, 0.1) is 22.5 Å². The molecule has 0 saturated carbocycles. The first kappa shape index (κ1) is 22.9. The topological polar surface area (TPSA) is 146 Å². The van der Waals surface area contributed by atoms with E-state index in [2.05, 4.69) is 15.4 Å². The smallest absolute Gasteiger partial charge is 0.365 e. The Hall–Kier alpha value is -4.26. The fraction of sp³-hybridized carbons (Fsp3) is 0.143. The normalized spacial score (nSPS) is 11.2. The van der Waals surface area contributed by atoms with Gasteiger partial charge < -0.3 is 21.2 Å². The number of nitrogens with one attached hydrogen (secondary N) is 1. The third kappa shape index (κ3) is 4.32. The van der Waals surface area contributed by atoms with E-state index in [0.29, 0.717) is 16.8 Å². The molecule has 10 nitrogen and oxygen atoms in total. The fourth-order valence-corrected chi connectivity index (χ4v) is 4.44. The molecule has 0 unspecified atom stereocenters. The first-order valence-corrected chi connectivity index (χ1v) is 10.6. The summed E-state index contributed by atoms with van der Waals surface area (Å²) < 4.78 is 28.2. The van der Waals surface area contributed by atoms with Gasteiger partial charge >= 0.3 is 5.82 Å². The second kappa shape index (κ2) is 8.94. The number of aromatic nitrogens is 3. The minimum Gasteiger partial charge on any atom is -0.365 e. The van der Waals surface area contributed by atoms with Gasteiger partial charge in [-0.3, -0.25) is 9.59 Å². The molecule has 3 aromatic heterocycles. The summed E-state index contributed by atoms with van der Waals surface area (Å²) in [5.41, 5.74) is 6.34. The van der Waals surface area contributed by atoms with Gasteiger partial charge in [-0.05, 0) is 29.0 Å². The summed E-state index contributed by atoms with van der Waals surface area (Å²) in [4.78, 5) is 39.2.